The normalized spacial score (nSPS) is 13.3. The third kappa shape index (κ3) is 6.02. The van der Waals surface area contributed by atoms with E-state index in [1.54, 1.807) is 0 Å². The molecule has 0 aliphatic carbocycles. The van der Waals surface area contributed by atoms with Crippen molar-refractivity contribution in [1.82, 2.24) is 4.90 Å². The quantitative estimate of drug-likeness (QED) is 0.678. The molecule has 1 aromatic rings. The smallest absolute Gasteiger partial charge is 0.123 e. The van der Waals surface area contributed by atoms with Gasteiger partial charge in [-0.15, -0.1) is 0 Å². The molecule has 0 radical (unpaired) electrons. The van der Waals surface area contributed by atoms with Gasteiger partial charge in [-0.05, 0) is 74.6 Å². The molecule has 0 atom stereocenters. The van der Waals surface area contributed by atoms with E-state index in [0.29, 0.717) is 17.8 Å². The van der Waals surface area contributed by atoms with Gasteiger partial charge in [0.25, 0.3) is 0 Å². The van der Waals surface area contributed by atoms with Crippen LogP contribution in [0.1, 0.15) is 92.3 Å². The molecule has 1 N–H and O–H groups in total. The fourth-order valence-electron chi connectivity index (χ4n) is 3.56. The zero-order valence-electron chi connectivity index (χ0n) is 18.3. The average Bonchev–Trinajstić information content (AvgIpc) is 2.41. The van der Waals surface area contributed by atoms with E-state index in [0.717, 1.165) is 30.5 Å². The second-order valence-electron chi connectivity index (χ2n) is 10.1. The number of nitrogens with zero attached hydrogens (tertiary/aromatic N) is 1. The molecule has 1 rings (SSSR count). The zero-order chi connectivity index (χ0) is 19.6. The molecule has 0 saturated carbocycles. The Balaban J connectivity index is 3.08. The fraction of sp³-hybridized carbons (Fsp3) is 0.739. The van der Waals surface area contributed by atoms with Crippen molar-refractivity contribution >= 4 is 0 Å². The molecule has 0 aliphatic heterocycles. The SMILES string of the molecule is CC(C)N(CCCc1cc(C(C)(C)C)c(O)c(C(C)(C)C)c1)C(C)C. The van der Waals surface area contributed by atoms with Crippen LogP contribution in [0.15, 0.2) is 12.1 Å². The minimum absolute atomic E-state index is 0.0536. The maximum atomic E-state index is 10.8. The van der Waals surface area contributed by atoms with Crippen LogP contribution in [0.25, 0.3) is 0 Å². The molecule has 0 bridgehead atoms. The van der Waals surface area contributed by atoms with E-state index in [2.05, 4.69) is 86.3 Å². The van der Waals surface area contributed by atoms with Crippen LogP contribution >= 0.6 is 0 Å². The van der Waals surface area contributed by atoms with Crippen LogP contribution in [0, 0.1) is 0 Å². The van der Waals surface area contributed by atoms with E-state index in [4.69, 9.17) is 0 Å². The monoisotopic (exact) mass is 347 g/mol. The Labute approximate surface area is 156 Å². The molecule has 0 heterocycles. The van der Waals surface area contributed by atoms with Gasteiger partial charge in [-0.3, -0.25) is 4.90 Å². The molecule has 0 spiro atoms. The van der Waals surface area contributed by atoms with Gasteiger partial charge in [0.05, 0.1) is 0 Å². The lowest BCUT2D eigenvalue weighted by atomic mass is 9.78. The molecule has 0 fully saturated rings. The molecule has 2 heteroatoms. The first-order valence-corrected chi connectivity index (χ1v) is 9.87. The van der Waals surface area contributed by atoms with E-state index in [9.17, 15) is 5.11 Å². The molecule has 0 unspecified atom stereocenters. The van der Waals surface area contributed by atoms with Gasteiger partial charge in [-0.2, -0.15) is 0 Å². The summed E-state index contributed by atoms with van der Waals surface area (Å²) in [5, 5.41) is 10.8. The standard InChI is InChI=1S/C23H41NO/c1-16(2)24(17(3)4)13-11-12-18-14-19(22(5,6)7)21(25)20(15-18)23(8,9)10/h14-17,25H,11-13H2,1-10H3. The summed E-state index contributed by atoms with van der Waals surface area (Å²) < 4.78 is 0. The lowest BCUT2D eigenvalue weighted by molar-refractivity contribution is 0.173. The van der Waals surface area contributed by atoms with Crippen molar-refractivity contribution in [3.8, 4) is 5.75 Å². The van der Waals surface area contributed by atoms with Crippen LogP contribution < -0.4 is 0 Å². The lowest BCUT2D eigenvalue weighted by Gasteiger charge is -2.31. The minimum Gasteiger partial charge on any atom is -0.507 e. The van der Waals surface area contributed by atoms with Crippen LogP contribution in [0.4, 0.5) is 0 Å². The number of rotatable bonds is 6. The Hall–Kier alpha value is -1.02. The molecule has 0 amide bonds. The Morgan fingerprint density at radius 1 is 0.840 bits per heavy atom. The summed E-state index contributed by atoms with van der Waals surface area (Å²) in [6, 6.07) is 5.60. The third-order valence-electron chi connectivity index (χ3n) is 4.99. The van der Waals surface area contributed by atoms with Crippen LogP contribution in [-0.2, 0) is 17.3 Å². The van der Waals surface area contributed by atoms with Gasteiger partial charge in [0.15, 0.2) is 0 Å². The van der Waals surface area contributed by atoms with Crippen LogP contribution in [0.2, 0.25) is 0 Å². The Morgan fingerprint density at radius 3 is 1.56 bits per heavy atom. The first-order chi connectivity index (χ1) is 11.2. The van der Waals surface area contributed by atoms with Crippen molar-refractivity contribution < 1.29 is 5.11 Å². The van der Waals surface area contributed by atoms with Crippen molar-refractivity contribution in [3.05, 3.63) is 28.8 Å². The second-order valence-corrected chi connectivity index (χ2v) is 10.1. The Bertz CT molecular complexity index is 515. The van der Waals surface area contributed by atoms with Crippen molar-refractivity contribution in [2.24, 2.45) is 0 Å². The molecule has 0 aliphatic rings. The van der Waals surface area contributed by atoms with Gasteiger partial charge < -0.3 is 5.11 Å². The fourth-order valence-corrected chi connectivity index (χ4v) is 3.56. The predicted molar refractivity (Wildman–Crippen MR) is 111 cm³/mol. The van der Waals surface area contributed by atoms with Gasteiger partial charge >= 0.3 is 0 Å². The lowest BCUT2D eigenvalue weighted by Crippen LogP contribution is -2.37. The highest BCUT2D eigenvalue weighted by molar-refractivity contribution is 5.49. The number of benzene rings is 1. The Kier molecular flexibility index (Phi) is 7.15. The van der Waals surface area contributed by atoms with Crippen molar-refractivity contribution in [2.45, 2.75) is 105 Å². The largest absolute Gasteiger partial charge is 0.507 e. The molecule has 0 saturated heterocycles. The summed E-state index contributed by atoms with van der Waals surface area (Å²) in [6.45, 7) is 23.3. The van der Waals surface area contributed by atoms with Gasteiger partial charge in [-0.1, -0.05) is 53.7 Å². The van der Waals surface area contributed by atoms with Crippen molar-refractivity contribution in [2.75, 3.05) is 6.54 Å². The van der Waals surface area contributed by atoms with Gasteiger partial charge in [0.2, 0.25) is 0 Å². The number of aromatic hydroxyl groups is 1. The van der Waals surface area contributed by atoms with E-state index in [1.807, 2.05) is 0 Å². The first-order valence-electron chi connectivity index (χ1n) is 9.87. The average molecular weight is 348 g/mol. The second kappa shape index (κ2) is 8.12. The highest BCUT2D eigenvalue weighted by Crippen LogP contribution is 2.40. The van der Waals surface area contributed by atoms with Crippen LogP contribution in [0.5, 0.6) is 5.75 Å². The maximum Gasteiger partial charge on any atom is 0.123 e. The molecule has 2 nitrogen and oxygen atoms in total. The summed E-state index contributed by atoms with van der Waals surface area (Å²) in [6.07, 6.45) is 2.21. The molecule has 144 valence electrons. The van der Waals surface area contributed by atoms with E-state index in [1.165, 1.54) is 5.56 Å². The number of aryl methyl sites for hydroxylation is 1. The topological polar surface area (TPSA) is 23.5 Å². The van der Waals surface area contributed by atoms with Crippen LogP contribution in [0.3, 0.4) is 0 Å². The Morgan fingerprint density at radius 2 is 1.24 bits per heavy atom. The summed E-state index contributed by atoms with van der Waals surface area (Å²) in [7, 11) is 0. The van der Waals surface area contributed by atoms with Crippen LogP contribution in [-0.4, -0.2) is 28.6 Å². The van der Waals surface area contributed by atoms with E-state index in [-0.39, 0.29) is 10.8 Å². The van der Waals surface area contributed by atoms with Crippen molar-refractivity contribution in [1.29, 1.82) is 0 Å². The zero-order valence-corrected chi connectivity index (χ0v) is 18.3. The summed E-state index contributed by atoms with van der Waals surface area (Å²) in [5.41, 5.74) is 3.38. The van der Waals surface area contributed by atoms with E-state index < -0.39 is 0 Å². The van der Waals surface area contributed by atoms with Gasteiger partial charge in [0, 0.05) is 12.1 Å². The molecular formula is C23H41NO. The number of hydrogen-bond acceptors (Lipinski definition) is 2. The number of phenolic OH excluding ortho intramolecular Hbond substituents is 1. The summed E-state index contributed by atoms with van der Waals surface area (Å²) >= 11 is 0. The van der Waals surface area contributed by atoms with Gasteiger partial charge in [0.1, 0.15) is 5.75 Å². The highest BCUT2D eigenvalue weighted by atomic mass is 16.3. The van der Waals surface area contributed by atoms with Gasteiger partial charge in [-0.25, -0.2) is 0 Å². The number of phenols is 1. The van der Waals surface area contributed by atoms with E-state index >= 15 is 0 Å². The summed E-state index contributed by atoms with van der Waals surface area (Å²) in [5.74, 6) is 0.481. The predicted octanol–water partition coefficient (Wildman–Crippen LogP) is 6.04. The minimum atomic E-state index is -0.0536. The third-order valence-corrected chi connectivity index (χ3v) is 4.99. The van der Waals surface area contributed by atoms with Crippen molar-refractivity contribution in [3.63, 3.8) is 0 Å². The molecular weight excluding hydrogens is 306 g/mol. The highest BCUT2D eigenvalue weighted by Gasteiger charge is 2.26. The number of hydrogen-bond donors (Lipinski definition) is 1. The maximum absolute atomic E-state index is 10.8. The molecule has 25 heavy (non-hydrogen) atoms. The summed E-state index contributed by atoms with van der Waals surface area (Å²) in [4.78, 5) is 2.55. The first kappa shape index (κ1) is 22.0. The molecule has 0 aromatic heterocycles. The molecule has 1 aromatic carbocycles.